The molecule has 0 bridgehead atoms. The Morgan fingerprint density at radius 1 is 1.19 bits per heavy atom. The summed E-state index contributed by atoms with van der Waals surface area (Å²) in [7, 11) is 1.99. The summed E-state index contributed by atoms with van der Waals surface area (Å²) in [6, 6.07) is 8.38. The van der Waals surface area contributed by atoms with E-state index in [0.29, 0.717) is 17.9 Å². The number of amides is 1. The maximum Gasteiger partial charge on any atom is 0.226 e. The number of hydrogen-bond acceptors (Lipinski definition) is 1. The van der Waals surface area contributed by atoms with Crippen molar-refractivity contribution in [1.29, 1.82) is 0 Å². The molecular formula is C18H24ClNO. The summed E-state index contributed by atoms with van der Waals surface area (Å²) in [5.74, 6) is 1.62. The van der Waals surface area contributed by atoms with Gasteiger partial charge in [-0.15, -0.1) is 0 Å². The van der Waals surface area contributed by atoms with E-state index in [2.05, 4.69) is 13.0 Å². The predicted molar refractivity (Wildman–Crippen MR) is 86.5 cm³/mol. The molecule has 0 aliphatic heterocycles. The minimum absolute atomic E-state index is 0.147. The van der Waals surface area contributed by atoms with Gasteiger partial charge in [-0.25, -0.2) is 0 Å². The second-order valence-electron chi connectivity index (χ2n) is 6.83. The summed E-state index contributed by atoms with van der Waals surface area (Å²) in [6.07, 6.45) is 5.78. The molecule has 0 aromatic heterocycles. The van der Waals surface area contributed by atoms with Gasteiger partial charge in [0.2, 0.25) is 5.91 Å². The molecule has 0 heterocycles. The van der Waals surface area contributed by atoms with Crippen LogP contribution in [0.1, 0.15) is 50.5 Å². The van der Waals surface area contributed by atoms with Gasteiger partial charge in [0, 0.05) is 24.0 Å². The second-order valence-corrected chi connectivity index (χ2v) is 7.24. The van der Waals surface area contributed by atoms with Gasteiger partial charge in [0.1, 0.15) is 0 Å². The first kappa shape index (κ1) is 14.9. The summed E-state index contributed by atoms with van der Waals surface area (Å²) in [6.45, 7) is 2.31. The van der Waals surface area contributed by atoms with Gasteiger partial charge in [0.05, 0.1) is 0 Å². The largest absolute Gasteiger partial charge is 0.343 e. The lowest BCUT2D eigenvalue weighted by Gasteiger charge is -2.33. The van der Waals surface area contributed by atoms with Crippen LogP contribution < -0.4 is 0 Å². The van der Waals surface area contributed by atoms with Crippen molar-refractivity contribution < 1.29 is 4.79 Å². The number of halogens is 1. The number of carbonyl (C=O) groups excluding carboxylic acids is 1. The number of rotatable bonds is 3. The first-order valence-electron chi connectivity index (χ1n) is 8.09. The summed E-state index contributed by atoms with van der Waals surface area (Å²) in [5.41, 5.74) is 1.14. The van der Waals surface area contributed by atoms with E-state index in [4.69, 9.17) is 11.6 Å². The monoisotopic (exact) mass is 305 g/mol. The van der Waals surface area contributed by atoms with Crippen molar-refractivity contribution in [3.63, 3.8) is 0 Å². The Kier molecular flexibility index (Phi) is 4.26. The van der Waals surface area contributed by atoms with Crippen LogP contribution in [-0.4, -0.2) is 23.9 Å². The second kappa shape index (κ2) is 6.00. The molecule has 1 aromatic carbocycles. The van der Waals surface area contributed by atoms with Crippen LogP contribution in [0.5, 0.6) is 0 Å². The Labute approximate surface area is 132 Å². The topological polar surface area (TPSA) is 20.3 Å². The Morgan fingerprint density at radius 2 is 1.86 bits per heavy atom. The van der Waals surface area contributed by atoms with E-state index in [-0.39, 0.29) is 5.92 Å². The van der Waals surface area contributed by atoms with Gasteiger partial charge in [0.15, 0.2) is 0 Å². The third kappa shape index (κ3) is 3.11. The van der Waals surface area contributed by atoms with Crippen molar-refractivity contribution in [3.05, 3.63) is 34.9 Å². The molecule has 2 saturated carbocycles. The molecule has 0 spiro atoms. The third-order valence-electron chi connectivity index (χ3n) is 5.29. The number of hydrogen-bond donors (Lipinski definition) is 0. The van der Waals surface area contributed by atoms with Crippen molar-refractivity contribution >= 4 is 17.5 Å². The summed E-state index contributed by atoms with van der Waals surface area (Å²) >= 11 is 6.25. The molecule has 1 amide bonds. The molecule has 2 aliphatic rings. The maximum atomic E-state index is 12.7. The number of benzene rings is 1. The molecule has 0 radical (unpaired) electrons. The van der Waals surface area contributed by atoms with Gasteiger partial charge < -0.3 is 4.90 Å². The lowest BCUT2D eigenvalue weighted by Crippen LogP contribution is -2.40. The molecule has 2 aliphatic carbocycles. The van der Waals surface area contributed by atoms with Crippen LogP contribution in [0.25, 0.3) is 0 Å². The smallest absolute Gasteiger partial charge is 0.226 e. The zero-order valence-corrected chi connectivity index (χ0v) is 13.6. The molecule has 2 fully saturated rings. The third-order valence-corrected chi connectivity index (χ3v) is 5.64. The standard InChI is InChI=1S/C18H24ClNO/c1-12-7-9-13(10-8-12)20(2)18(21)16-11-15(16)14-5-3-4-6-17(14)19/h3-6,12-13,15-16H,7-11H2,1-2H3. The normalized spacial score (nSPS) is 31.8. The van der Waals surface area contributed by atoms with E-state index < -0.39 is 0 Å². The summed E-state index contributed by atoms with van der Waals surface area (Å²) in [5, 5.41) is 0.798. The average molecular weight is 306 g/mol. The zero-order chi connectivity index (χ0) is 15.0. The quantitative estimate of drug-likeness (QED) is 0.806. The van der Waals surface area contributed by atoms with E-state index in [1.54, 1.807) is 0 Å². The van der Waals surface area contributed by atoms with Crippen molar-refractivity contribution in [2.75, 3.05) is 7.05 Å². The zero-order valence-electron chi connectivity index (χ0n) is 12.9. The average Bonchev–Trinajstić information content (AvgIpc) is 3.27. The van der Waals surface area contributed by atoms with Gasteiger partial charge >= 0.3 is 0 Å². The van der Waals surface area contributed by atoms with E-state index in [1.807, 2.05) is 30.1 Å². The highest BCUT2D eigenvalue weighted by atomic mass is 35.5. The highest BCUT2D eigenvalue weighted by molar-refractivity contribution is 6.31. The van der Waals surface area contributed by atoms with Gasteiger partial charge in [-0.2, -0.15) is 0 Å². The van der Waals surface area contributed by atoms with Crippen molar-refractivity contribution in [2.24, 2.45) is 11.8 Å². The van der Waals surface area contributed by atoms with Gasteiger partial charge in [-0.05, 0) is 55.6 Å². The van der Waals surface area contributed by atoms with Gasteiger partial charge in [0.25, 0.3) is 0 Å². The van der Waals surface area contributed by atoms with Crippen molar-refractivity contribution in [2.45, 2.75) is 51.0 Å². The lowest BCUT2D eigenvalue weighted by atomic mass is 9.86. The van der Waals surface area contributed by atoms with Crippen LogP contribution in [0.15, 0.2) is 24.3 Å². The van der Waals surface area contributed by atoms with Crippen LogP contribution in [0.2, 0.25) is 5.02 Å². The van der Waals surface area contributed by atoms with Crippen LogP contribution in [0.4, 0.5) is 0 Å². The van der Waals surface area contributed by atoms with Crippen LogP contribution in [-0.2, 0) is 4.79 Å². The molecule has 2 atom stereocenters. The predicted octanol–water partition coefficient (Wildman–Crippen LogP) is 4.48. The SMILES string of the molecule is CC1CCC(N(C)C(=O)C2CC2c2ccccc2Cl)CC1. The molecule has 3 rings (SSSR count). The van der Waals surface area contributed by atoms with E-state index in [0.717, 1.165) is 35.8 Å². The lowest BCUT2D eigenvalue weighted by molar-refractivity contribution is -0.134. The fraction of sp³-hybridized carbons (Fsp3) is 0.611. The Bertz CT molecular complexity index is 522. The Hall–Kier alpha value is -1.02. The highest BCUT2D eigenvalue weighted by Crippen LogP contribution is 2.50. The molecule has 0 N–H and O–H groups in total. The molecular weight excluding hydrogens is 282 g/mol. The molecule has 2 nitrogen and oxygen atoms in total. The van der Waals surface area contributed by atoms with Crippen molar-refractivity contribution in [3.8, 4) is 0 Å². The Balaban J connectivity index is 1.61. The fourth-order valence-corrected chi connectivity index (χ4v) is 3.93. The maximum absolute atomic E-state index is 12.7. The van der Waals surface area contributed by atoms with E-state index >= 15 is 0 Å². The van der Waals surface area contributed by atoms with E-state index in [9.17, 15) is 4.79 Å². The first-order valence-corrected chi connectivity index (χ1v) is 8.46. The molecule has 3 heteroatoms. The number of nitrogens with zero attached hydrogens (tertiary/aromatic N) is 1. The minimum atomic E-state index is 0.147. The molecule has 2 unspecified atom stereocenters. The van der Waals surface area contributed by atoms with Crippen molar-refractivity contribution in [1.82, 2.24) is 4.90 Å². The van der Waals surface area contributed by atoms with Crippen LogP contribution >= 0.6 is 11.6 Å². The molecule has 1 aromatic rings. The molecule has 21 heavy (non-hydrogen) atoms. The highest BCUT2D eigenvalue weighted by Gasteiger charge is 2.46. The fourth-order valence-electron chi connectivity index (χ4n) is 3.66. The van der Waals surface area contributed by atoms with Crippen LogP contribution in [0, 0.1) is 11.8 Å². The van der Waals surface area contributed by atoms with Gasteiger partial charge in [-0.3, -0.25) is 4.79 Å². The summed E-state index contributed by atoms with van der Waals surface area (Å²) in [4.78, 5) is 14.7. The van der Waals surface area contributed by atoms with Gasteiger partial charge in [-0.1, -0.05) is 36.7 Å². The Morgan fingerprint density at radius 3 is 2.52 bits per heavy atom. The summed E-state index contributed by atoms with van der Waals surface area (Å²) < 4.78 is 0. The minimum Gasteiger partial charge on any atom is -0.343 e. The van der Waals surface area contributed by atoms with E-state index in [1.165, 1.54) is 12.8 Å². The first-order chi connectivity index (χ1) is 10.1. The van der Waals surface area contributed by atoms with Crippen LogP contribution in [0.3, 0.4) is 0 Å². The molecule has 0 saturated heterocycles. The molecule has 114 valence electrons. The number of carbonyl (C=O) groups is 1.